The topological polar surface area (TPSA) is 65.0 Å². The van der Waals surface area contributed by atoms with Crippen molar-refractivity contribution in [1.82, 2.24) is 0 Å². The molecule has 1 aliphatic rings. The molecule has 0 aromatic heterocycles. The molecule has 160 valence electrons. The van der Waals surface area contributed by atoms with Gasteiger partial charge in [0.2, 0.25) is 0 Å². The molecule has 1 rings (SSSR count). The molecule has 0 aromatic carbocycles. The minimum absolute atomic E-state index is 0.349. The number of ether oxygens (including phenoxy) is 1. The van der Waals surface area contributed by atoms with Crippen molar-refractivity contribution in [3.05, 3.63) is 4.91 Å². The van der Waals surface area contributed by atoms with E-state index in [1.807, 2.05) is 0 Å². The van der Waals surface area contributed by atoms with E-state index in [0.29, 0.717) is 0 Å². The molecule has 0 amide bonds. The van der Waals surface area contributed by atoms with Gasteiger partial charge in [-0.15, -0.1) is 4.91 Å². The molecule has 2 unspecified atom stereocenters. The molecular weight excluding hydrogens is 425 g/mol. The summed E-state index contributed by atoms with van der Waals surface area (Å²) in [5.41, 5.74) is 0. The predicted molar refractivity (Wildman–Crippen MR) is 74.5 cm³/mol. The molecular formula is C12H14F9NO4S. The van der Waals surface area contributed by atoms with Gasteiger partial charge < -0.3 is 9.02 Å². The molecule has 1 heterocycles. The van der Waals surface area contributed by atoms with E-state index >= 15 is 0 Å². The first-order valence-corrected chi connectivity index (χ1v) is 9.07. The van der Waals surface area contributed by atoms with Crippen LogP contribution in [0.2, 0.25) is 0 Å². The Morgan fingerprint density at radius 2 is 1.67 bits per heavy atom. The van der Waals surface area contributed by atoms with Crippen molar-refractivity contribution in [1.29, 1.82) is 0 Å². The highest BCUT2D eigenvalue weighted by Crippen LogP contribution is 2.71. The normalized spacial score (nSPS) is 27.4. The molecule has 1 aliphatic heterocycles. The van der Waals surface area contributed by atoms with Gasteiger partial charge in [0, 0.05) is 28.7 Å². The summed E-state index contributed by atoms with van der Waals surface area (Å²) in [6.45, 7) is -2.53. The second-order valence-corrected chi connectivity index (χ2v) is 8.90. The van der Waals surface area contributed by atoms with E-state index in [1.165, 1.54) is 0 Å². The Morgan fingerprint density at radius 1 is 1.11 bits per heavy atom. The number of alkyl halides is 9. The van der Waals surface area contributed by atoms with Gasteiger partial charge in [-0.2, -0.15) is 39.5 Å². The van der Waals surface area contributed by atoms with E-state index in [9.17, 15) is 49.2 Å². The molecule has 0 spiro atoms. The molecule has 15 heteroatoms. The lowest BCUT2D eigenvalue weighted by Gasteiger charge is -2.48. The minimum atomic E-state index is -5.97. The number of nitrogens with zero attached hydrogens (tertiary/aromatic N) is 1. The van der Waals surface area contributed by atoms with Crippen LogP contribution in [0.4, 0.5) is 39.5 Å². The quantitative estimate of drug-likeness (QED) is 0.247. The number of rotatable bonds is 7. The third-order valence-corrected chi connectivity index (χ3v) is 7.19. The molecule has 0 N–H and O–H groups in total. The lowest BCUT2D eigenvalue weighted by atomic mass is 10.1. The van der Waals surface area contributed by atoms with Crippen molar-refractivity contribution >= 4 is 16.3 Å². The van der Waals surface area contributed by atoms with Crippen LogP contribution in [0, 0.1) is 10.8 Å². The lowest BCUT2D eigenvalue weighted by molar-refractivity contribution is -0.272. The molecule has 1 saturated heterocycles. The third-order valence-electron chi connectivity index (χ3n) is 3.77. The van der Waals surface area contributed by atoms with E-state index < -0.39 is 76.9 Å². The summed E-state index contributed by atoms with van der Waals surface area (Å²) in [5, 5.41) is -3.93. The van der Waals surface area contributed by atoms with Crippen LogP contribution in [0.25, 0.3) is 0 Å². The van der Waals surface area contributed by atoms with Crippen LogP contribution in [0.3, 0.4) is 0 Å². The van der Waals surface area contributed by atoms with Crippen LogP contribution in [0.5, 0.6) is 0 Å². The van der Waals surface area contributed by atoms with Gasteiger partial charge in [0.15, 0.2) is 11.9 Å². The average Bonchev–Trinajstić information content (AvgIpc) is 2.51. The Balaban J connectivity index is 3.18. The highest BCUT2D eigenvalue weighted by atomic mass is 32.3. The number of esters is 1. The fourth-order valence-corrected chi connectivity index (χ4v) is 5.62. The molecule has 5 nitrogen and oxygen atoms in total. The van der Waals surface area contributed by atoms with Gasteiger partial charge in [-0.3, -0.25) is 4.79 Å². The summed E-state index contributed by atoms with van der Waals surface area (Å²) < 4.78 is 126. The Bertz CT molecular complexity index is 566. The van der Waals surface area contributed by atoms with Crippen LogP contribution in [-0.2, 0) is 13.8 Å². The summed E-state index contributed by atoms with van der Waals surface area (Å²) in [6.07, 6.45) is -5.77. The zero-order valence-electron chi connectivity index (χ0n) is 13.5. The predicted octanol–water partition coefficient (Wildman–Crippen LogP) is 4.80. The monoisotopic (exact) mass is 439 g/mol. The molecule has 27 heavy (non-hydrogen) atoms. The summed E-state index contributed by atoms with van der Waals surface area (Å²) in [4.78, 5) is 22.0. The molecule has 0 aromatic rings. The molecule has 0 bridgehead atoms. The SMILES string of the molecule is CC(F)(F)C(F)(F)C(F)(F)S1(ON=O)CCCC(C(=O)OCC(F)(F)F)C1. The molecule has 1 fully saturated rings. The third kappa shape index (κ3) is 4.71. The van der Waals surface area contributed by atoms with E-state index in [2.05, 4.69) is 9.02 Å². The highest BCUT2D eigenvalue weighted by Gasteiger charge is 2.77. The van der Waals surface area contributed by atoms with Crippen molar-refractivity contribution in [3.8, 4) is 0 Å². The van der Waals surface area contributed by atoms with Gasteiger partial charge >= 0.3 is 29.2 Å². The standard InChI is InChI=1S/C12H14F9NO4S/c1-9(13,14)11(18,19)12(20,21)27(26-22-24)4-2-3-7(5-27)8(23)25-6-10(15,16)17/h7H,2-6H2,1H3. The number of halogens is 9. The van der Waals surface area contributed by atoms with Crippen LogP contribution < -0.4 is 0 Å². The Kier molecular flexibility index (Phi) is 6.60. The minimum Gasteiger partial charge on any atom is -0.456 e. The fraction of sp³-hybridized carbons (Fsp3) is 0.917. The van der Waals surface area contributed by atoms with E-state index in [-0.39, 0.29) is 6.42 Å². The van der Waals surface area contributed by atoms with Crippen molar-refractivity contribution in [2.24, 2.45) is 11.3 Å². The van der Waals surface area contributed by atoms with Gasteiger partial charge in [-0.25, -0.2) is 0 Å². The van der Waals surface area contributed by atoms with Crippen LogP contribution in [0.1, 0.15) is 19.8 Å². The number of carbonyl (C=O) groups is 1. The van der Waals surface area contributed by atoms with Crippen molar-refractivity contribution in [2.45, 2.75) is 43.0 Å². The largest absolute Gasteiger partial charge is 0.456 e. The fourth-order valence-electron chi connectivity index (χ4n) is 2.41. The van der Waals surface area contributed by atoms with E-state index in [0.717, 1.165) is 0 Å². The Morgan fingerprint density at radius 3 is 2.11 bits per heavy atom. The van der Waals surface area contributed by atoms with Crippen LogP contribution >= 0.6 is 10.3 Å². The van der Waals surface area contributed by atoms with E-state index in [4.69, 9.17) is 0 Å². The maximum atomic E-state index is 14.4. The Hall–Kier alpha value is -1.41. The van der Waals surface area contributed by atoms with Gasteiger partial charge in [0.05, 0.1) is 5.92 Å². The first-order valence-electron chi connectivity index (χ1n) is 7.17. The maximum absolute atomic E-state index is 14.4. The van der Waals surface area contributed by atoms with Gasteiger partial charge in [0.1, 0.15) is 0 Å². The number of hydrogen-bond acceptors (Lipinski definition) is 5. The van der Waals surface area contributed by atoms with Gasteiger partial charge in [-0.05, 0) is 12.8 Å². The molecule has 2 atom stereocenters. The van der Waals surface area contributed by atoms with Crippen LogP contribution in [-0.4, -0.2) is 47.4 Å². The van der Waals surface area contributed by atoms with Crippen molar-refractivity contribution < 1.29 is 53.3 Å². The highest BCUT2D eigenvalue weighted by molar-refractivity contribution is 8.30. The van der Waals surface area contributed by atoms with Crippen molar-refractivity contribution in [2.75, 3.05) is 18.1 Å². The Labute approximate surface area is 148 Å². The van der Waals surface area contributed by atoms with E-state index in [1.54, 1.807) is 5.34 Å². The first kappa shape index (κ1) is 23.6. The summed E-state index contributed by atoms with van der Waals surface area (Å²) in [6, 6.07) is 0. The summed E-state index contributed by atoms with van der Waals surface area (Å²) >= 11 is 0. The zero-order chi connectivity index (χ0) is 21.3. The average molecular weight is 439 g/mol. The van der Waals surface area contributed by atoms with Crippen molar-refractivity contribution in [3.63, 3.8) is 0 Å². The van der Waals surface area contributed by atoms with Crippen LogP contribution in [0.15, 0.2) is 5.34 Å². The number of carbonyl (C=O) groups excluding carboxylic acids is 1. The summed E-state index contributed by atoms with van der Waals surface area (Å²) in [5.74, 6) is -17.0. The van der Waals surface area contributed by atoms with Gasteiger partial charge in [0.25, 0.3) is 0 Å². The smallest absolute Gasteiger partial charge is 0.422 e. The summed E-state index contributed by atoms with van der Waals surface area (Å²) in [7, 11) is -4.74. The molecule has 0 saturated carbocycles. The zero-order valence-corrected chi connectivity index (χ0v) is 14.3. The molecule has 0 aliphatic carbocycles. The second kappa shape index (κ2) is 7.54. The number of hydrogen-bond donors (Lipinski definition) is 0. The molecule has 0 radical (unpaired) electrons. The lowest BCUT2D eigenvalue weighted by Crippen LogP contribution is -2.57. The maximum Gasteiger partial charge on any atom is 0.422 e. The second-order valence-electron chi connectivity index (χ2n) is 5.87. The van der Waals surface area contributed by atoms with Gasteiger partial charge in [-0.1, -0.05) is 0 Å². The first-order chi connectivity index (χ1) is 12.0.